The number of aromatic nitrogens is 1. The zero-order chi connectivity index (χ0) is 18.5. The van der Waals surface area contributed by atoms with Crippen molar-refractivity contribution in [2.75, 3.05) is 5.75 Å². The first kappa shape index (κ1) is 17.6. The molecule has 0 aliphatic carbocycles. The molecule has 0 atom stereocenters. The maximum atomic E-state index is 13.2. The number of nitriles is 1. The third-order valence-corrected chi connectivity index (χ3v) is 4.67. The van der Waals surface area contributed by atoms with Crippen LogP contribution in [0, 0.1) is 17.1 Å². The van der Waals surface area contributed by atoms with E-state index in [-0.39, 0.29) is 11.6 Å². The maximum Gasteiger partial charge on any atom is 0.227 e. The minimum atomic E-state index is -0.492. The number of hydrogen-bond donors (Lipinski definition) is 1. The van der Waals surface area contributed by atoms with E-state index in [9.17, 15) is 14.4 Å². The van der Waals surface area contributed by atoms with E-state index in [0.717, 1.165) is 17.3 Å². The molecule has 0 saturated heterocycles. The maximum absolute atomic E-state index is 13.2. The van der Waals surface area contributed by atoms with E-state index in [0.29, 0.717) is 27.4 Å². The van der Waals surface area contributed by atoms with Gasteiger partial charge in [-0.2, -0.15) is 5.26 Å². The number of halogens is 1. The Morgan fingerprint density at radius 2 is 1.81 bits per heavy atom. The van der Waals surface area contributed by atoms with Crippen molar-refractivity contribution in [2.24, 2.45) is 5.73 Å². The van der Waals surface area contributed by atoms with Crippen molar-refractivity contribution in [3.05, 3.63) is 72.0 Å². The number of carbonyl (C=O) groups excluding carboxylic acids is 1. The monoisotopic (exact) mass is 363 g/mol. The molecule has 0 saturated carbocycles. The Balaban J connectivity index is 2.19. The highest BCUT2D eigenvalue weighted by atomic mass is 32.2. The van der Waals surface area contributed by atoms with Crippen LogP contribution < -0.4 is 5.73 Å². The predicted octanol–water partition coefficient (Wildman–Crippen LogP) is 4.00. The number of nitrogens with zero attached hydrogens (tertiary/aromatic N) is 2. The first-order valence-electron chi connectivity index (χ1n) is 7.76. The molecule has 3 aromatic rings. The molecule has 3 rings (SSSR count). The Labute approximate surface area is 154 Å². The van der Waals surface area contributed by atoms with Crippen LogP contribution in [-0.2, 0) is 4.79 Å². The number of amides is 1. The number of pyridine rings is 1. The molecule has 26 heavy (non-hydrogen) atoms. The molecule has 4 nitrogen and oxygen atoms in total. The topological polar surface area (TPSA) is 79.8 Å². The highest BCUT2D eigenvalue weighted by Gasteiger charge is 2.16. The minimum absolute atomic E-state index is 0.0166. The van der Waals surface area contributed by atoms with E-state index in [1.165, 1.54) is 12.1 Å². The molecule has 0 fully saturated rings. The van der Waals surface area contributed by atoms with Crippen LogP contribution in [0.3, 0.4) is 0 Å². The summed E-state index contributed by atoms with van der Waals surface area (Å²) in [6.45, 7) is 0. The van der Waals surface area contributed by atoms with Gasteiger partial charge in [0.05, 0.1) is 17.0 Å². The largest absolute Gasteiger partial charge is 0.369 e. The average molecular weight is 363 g/mol. The SMILES string of the molecule is N#Cc1c(-c2ccccc2)cc(-c2ccc(F)cc2)nc1SCC(N)=O. The highest BCUT2D eigenvalue weighted by Crippen LogP contribution is 2.34. The van der Waals surface area contributed by atoms with Crippen LogP contribution in [0.25, 0.3) is 22.4 Å². The van der Waals surface area contributed by atoms with Gasteiger partial charge in [0.15, 0.2) is 0 Å². The number of benzene rings is 2. The van der Waals surface area contributed by atoms with E-state index < -0.39 is 5.91 Å². The number of thioether (sulfide) groups is 1. The minimum Gasteiger partial charge on any atom is -0.369 e. The molecular formula is C20H14FN3OS. The lowest BCUT2D eigenvalue weighted by molar-refractivity contribution is -0.115. The fraction of sp³-hybridized carbons (Fsp3) is 0.0500. The van der Waals surface area contributed by atoms with Gasteiger partial charge in [-0.3, -0.25) is 4.79 Å². The quantitative estimate of drug-likeness (QED) is 0.695. The second-order valence-electron chi connectivity index (χ2n) is 5.47. The van der Waals surface area contributed by atoms with Gasteiger partial charge in [-0.25, -0.2) is 9.37 Å². The van der Waals surface area contributed by atoms with Crippen molar-refractivity contribution in [1.82, 2.24) is 4.98 Å². The highest BCUT2D eigenvalue weighted by molar-refractivity contribution is 8.00. The van der Waals surface area contributed by atoms with Gasteiger partial charge in [-0.15, -0.1) is 0 Å². The van der Waals surface area contributed by atoms with Crippen molar-refractivity contribution in [3.63, 3.8) is 0 Å². The molecule has 0 aliphatic heterocycles. The third kappa shape index (κ3) is 3.90. The number of nitrogens with two attached hydrogens (primary N) is 1. The fourth-order valence-electron chi connectivity index (χ4n) is 2.49. The molecule has 0 bridgehead atoms. The van der Waals surface area contributed by atoms with Crippen LogP contribution in [0.1, 0.15) is 5.56 Å². The molecular weight excluding hydrogens is 349 g/mol. The molecule has 1 amide bonds. The van der Waals surface area contributed by atoms with E-state index in [4.69, 9.17) is 5.73 Å². The first-order chi connectivity index (χ1) is 12.6. The van der Waals surface area contributed by atoms with Gasteiger partial charge in [-0.1, -0.05) is 42.1 Å². The number of rotatable bonds is 5. The van der Waals surface area contributed by atoms with Crippen molar-refractivity contribution in [2.45, 2.75) is 5.03 Å². The lowest BCUT2D eigenvalue weighted by Crippen LogP contribution is -2.13. The van der Waals surface area contributed by atoms with Crippen molar-refractivity contribution >= 4 is 17.7 Å². The van der Waals surface area contributed by atoms with E-state index in [2.05, 4.69) is 11.1 Å². The average Bonchev–Trinajstić information content (AvgIpc) is 2.66. The Morgan fingerprint density at radius 3 is 2.42 bits per heavy atom. The van der Waals surface area contributed by atoms with Crippen LogP contribution in [0.15, 0.2) is 65.7 Å². The summed E-state index contributed by atoms with van der Waals surface area (Å²) in [6, 6.07) is 19.4. The van der Waals surface area contributed by atoms with Gasteiger partial charge in [0.25, 0.3) is 0 Å². The Hall–Kier alpha value is -3.17. The van der Waals surface area contributed by atoms with Crippen molar-refractivity contribution < 1.29 is 9.18 Å². The summed E-state index contributed by atoms with van der Waals surface area (Å²) in [6.07, 6.45) is 0. The molecule has 0 radical (unpaired) electrons. The Morgan fingerprint density at radius 1 is 1.12 bits per heavy atom. The second-order valence-corrected chi connectivity index (χ2v) is 6.44. The van der Waals surface area contributed by atoms with Crippen molar-refractivity contribution in [1.29, 1.82) is 5.26 Å². The normalized spacial score (nSPS) is 10.3. The summed E-state index contributed by atoms with van der Waals surface area (Å²) in [5, 5.41) is 10.1. The first-order valence-corrected chi connectivity index (χ1v) is 8.74. The van der Waals surface area contributed by atoms with Gasteiger partial charge in [0, 0.05) is 11.1 Å². The standard InChI is InChI=1S/C20H14FN3OS/c21-15-8-6-14(7-9-15)18-10-16(13-4-2-1-3-5-13)17(11-22)20(24-18)26-12-19(23)25/h1-10H,12H2,(H2,23,25). The summed E-state index contributed by atoms with van der Waals surface area (Å²) in [5.74, 6) is -0.814. The van der Waals surface area contributed by atoms with Crippen LogP contribution in [-0.4, -0.2) is 16.6 Å². The lowest BCUT2D eigenvalue weighted by atomic mass is 9.99. The Kier molecular flexibility index (Phi) is 5.30. The Bertz CT molecular complexity index is 982. The molecule has 2 aromatic carbocycles. The molecule has 0 spiro atoms. The van der Waals surface area contributed by atoms with Gasteiger partial charge < -0.3 is 5.73 Å². The zero-order valence-corrected chi connectivity index (χ0v) is 14.5. The van der Waals surface area contributed by atoms with Crippen LogP contribution in [0.5, 0.6) is 0 Å². The summed E-state index contributed by atoms with van der Waals surface area (Å²) in [4.78, 5) is 15.7. The van der Waals surface area contributed by atoms with Gasteiger partial charge in [-0.05, 0) is 35.9 Å². The van der Waals surface area contributed by atoms with Gasteiger partial charge >= 0.3 is 0 Å². The zero-order valence-electron chi connectivity index (χ0n) is 13.6. The molecule has 1 aromatic heterocycles. The van der Waals surface area contributed by atoms with Crippen molar-refractivity contribution in [3.8, 4) is 28.5 Å². The fourth-order valence-corrected chi connectivity index (χ4v) is 3.23. The molecule has 128 valence electrons. The molecule has 0 aliphatic rings. The van der Waals surface area contributed by atoms with Gasteiger partial charge in [0.2, 0.25) is 5.91 Å². The predicted molar refractivity (Wildman–Crippen MR) is 99.7 cm³/mol. The molecule has 2 N–H and O–H groups in total. The summed E-state index contributed by atoms with van der Waals surface area (Å²) in [7, 11) is 0. The van der Waals surface area contributed by atoms with E-state index >= 15 is 0 Å². The van der Waals surface area contributed by atoms with Crippen LogP contribution in [0.4, 0.5) is 4.39 Å². The summed E-state index contributed by atoms with van der Waals surface area (Å²) < 4.78 is 13.2. The lowest BCUT2D eigenvalue weighted by Gasteiger charge is -2.12. The van der Waals surface area contributed by atoms with Gasteiger partial charge in [0.1, 0.15) is 16.9 Å². The van der Waals surface area contributed by atoms with E-state index in [1.807, 2.05) is 30.3 Å². The summed E-state index contributed by atoms with van der Waals surface area (Å²) >= 11 is 1.12. The van der Waals surface area contributed by atoms with E-state index in [1.54, 1.807) is 18.2 Å². The molecule has 0 unspecified atom stereocenters. The molecule has 1 heterocycles. The summed E-state index contributed by atoms with van der Waals surface area (Å²) in [5.41, 5.74) is 8.49. The second kappa shape index (κ2) is 7.81. The van der Waals surface area contributed by atoms with Crippen LogP contribution >= 0.6 is 11.8 Å². The number of carbonyl (C=O) groups is 1. The third-order valence-electron chi connectivity index (χ3n) is 3.67. The number of primary amides is 1. The smallest absolute Gasteiger partial charge is 0.227 e. The number of hydrogen-bond acceptors (Lipinski definition) is 4. The van der Waals surface area contributed by atoms with Crippen LogP contribution in [0.2, 0.25) is 0 Å². The molecule has 6 heteroatoms.